The SMILES string of the molecule is CC(C)(F)c1c[nH]c2cc(O)ccc12. The van der Waals surface area contributed by atoms with Crippen molar-refractivity contribution in [2.24, 2.45) is 0 Å². The molecule has 2 nitrogen and oxygen atoms in total. The van der Waals surface area contributed by atoms with Crippen LogP contribution in [-0.2, 0) is 5.67 Å². The Kier molecular flexibility index (Phi) is 1.77. The van der Waals surface area contributed by atoms with Gasteiger partial charge in [0.05, 0.1) is 0 Å². The molecule has 0 saturated heterocycles. The standard InChI is InChI=1S/C11H12FNO/c1-11(2,12)9-6-13-10-5-7(14)3-4-8(9)10/h3-6,13-14H,1-2H3. The van der Waals surface area contributed by atoms with Crippen molar-refractivity contribution in [3.05, 3.63) is 30.0 Å². The first-order valence-corrected chi connectivity index (χ1v) is 4.48. The van der Waals surface area contributed by atoms with E-state index < -0.39 is 5.67 Å². The molecule has 1 aromatic carbocycles. The van der Waals surface area contributed by atoms with Crippen molar-refractivity contribution in [1.82, 2.24) is 4.98 Å². The zero-order valence-electron chi connectivity index (χ0n) is 8.13. The second kappa shape index (κ2) is 2.74. The van der Waals surface area contributed by atoms with Gasteiger partial charge in [-0.25, -0.2) is 4.39 Å². The molecule has 0 saturated carbocycles. The smallest absolute Gasteiger partial charge is 0.132 e. The number of phenolic OH excluding ortho intramolecular Hbond substituents is 1. The summed E-state index contributed by atoms with van der Waals surface area (Å²) < 4.78 is 13.7. The maximum atomic E-state index is 13.7. The molecule has 74 valence electrons. The summed E-state index contributed by atoms with van der Waals surface area (Å²) in [6.45, 7) is 3.03. The van der Waals surface area contributed by atoms with Crippen LogP contribution in [0, 0.1) is 0 Å². The third kappa shape index (κ3) is 1.35. The van der Waals surface area contributed by atoms with Crippen LogP contribution in [0.5, 0.6) is 5.75 Å². The van der Waals surface area contributed by atoms with Gasteiger partial charge in [-0.2, -0.15) is 0 Å². The molecule has 0 atom stereocenters. The highest BCUT2D eigenvalue weighted by Gasteiger charge is 2.22. The fourth-order valence-electron chi connectivity index (χ4n) is 1.61. The van der Waals surface area contributed by atoms with Gasteiger partial charge in [0, 0.05) is 28.7 Å². The zero-order valence-corrected chi connectivity index (χ0v) is 8.13. The van der Waals surface area contributed by atoms with E-state index in [0.29, 0.717) is 5.56 Å². The number of aromatic nitrogens is 1. The lowest BCUT2D eigenvalue weighted by atomic mass is 10.00. The summed E-state index contributed by atoms with van der Waals surface area (Å²) in [6, 6.07) is 4.87. The largest absolute Gasteiger partial charge is 0.508 e. The van der Waals surface area contributed by atoms with Crippen LogP contribution < -0.4 is 0 Å². The minimum atomic E-state index is -1.37. The molecule has 0 unspecified atom stereocenters. The quantitative estimate of drug-likeness (QED) is 0.717. The number of hydrogen-bond donors (Lipinski definition) is 2. The van der Waals surface area contributed by atoms with Gasteiger partial charge >= 0.3 is 0 Å². The number of fused-ring (bicyclic) bond motifs is 1. The molecule has 0 radical (unpaired) electrons. The van der Waals surface area contributed by atoms with Gasteiger partial charge in [-0.3, -0.25) is 0 Å². The molecule has 2 aromatic rings. The molecule has 2 rings (SSSR count). The fraction of sp³-hybridized carbons (Fsp3) is 0.273. The highest BCUT2D eigenvalue weighted by Crippen LogP contribution is 2.32. The zero-order chi connectivity index (χ0) is 10.3. The Morgan fingerprint density at radius 1 is 1.36 bits per heavy atom. The van der Waals surface area contributed by atoms with E-state index >= 15 is 0 Å². The summed E-state index contributed by atoms with van der Waals surface area (Å²) in [6.07, 6.45) is 1.64. The lowest BCUT2D eigenvalue weighted by Gasteiger charge is -2.12. The first-order valence-electron chi connectivity index (χ1n) is 4.48. The molecule has 0 bridgehead atoms. The van der Waals surface area contributed by atoms with Crippen molar-refractivity contribution in [2.75, 3.05) is 0 Å². The molecule has 2 N–H and O–H groups in total. The Bertz CT molecular complexity index is 468. The average Bonchev–Trinajstić information content (AvgIpc) is 2.45. The maximum Gasteiger partial charge on any atom is 0.132 e. The van der Waals surface area contributed by atoms with Gasteiger partial charge in [-0.15, -0.1) is 0 Å². The Hall–Kier alpha value is -1.51. The van der Waals surface area contributed by atoms with E-state index in [1.54, 1.807) is 24.4 Å². The number of aromatic hydroxyl groups is 1. The Labute approximate surface area is 81.4 Å². The van der Waals surface area contributed by atoms with Crippen molar-refractivity contribution in [2.45, 2.75) is 19.5 Å². The van der Waals surface area contributed by atoms with Crippen LogP contribution in [0.15, 0.2) is 24.4 Å². The summed E-state index contributed by atoms with van der Waals surface area (Å²) in [5.74, 6) is 0.183. The van der Waals surface area contributed by atoms with Crippen molar-refractivity contribution >= 4 is 10.9 Å². The van der Waals surface area contributed by atoms with Gasteiger partial charge in [-0.1, -0.05) is 0 Å². The number of alkyl halides is 1. The third-order valence-corrected chi connectivity index (χ3v) is 2.31. The van der Waals surface area contributed by atoms with E-state index in [2.05, 4.69) is 4.98 Å². The lowest BCUT2D eigenvalue weighted by Crippen LogP contribution is -2.07. The molecular formula is C11H12FNO. The molecule has 1 heterocycles. The molecule has 0 aliphatic carbocycles. The topological polar surface area (TPSA) is 36.0 Å². The average molecular weight is 193 g/mol. The van der Waals surface area contributed by atoms with Gasteiger partial charge in [0.2, 0.25) is 0 Å². The molecule has 0 spiro atoms. The molecule has 0 amide bonds. The van der Waals surface area contributed by atoms with Crippen LogP contribution in [0.2, 0.25) is 0 Å². The van der Waals surface area contributed by atoms with Gasteiger partial charge in [-0.05, 0) is 26.0 Å². The van der Waals surface area contributed by atoms with Crippen LogP contribution in [0.4, 0.5) is 4.39 Å². The van der Waals surface area contributed by atoms with Crippen molar-refractivity contribution < 1.29 is 9.50 Å². The molecule has 0 aliphatic heterocycles. The highest BCUT2D eigenvalue weighted by molar-refractivity contribution is 5.85. The molecule has 0 fully saturated rings. The Balaban J connectivity index is 2.70. The van der Waals surface area contributed by atoms with Crippen molar-refractivity contribution in [3.8, 4) is 5.75 Å². The molecule has 3 heteroatoms. The van der Waals surface area contributed by atoms with Gasteiger partial charge < -0.3 is 10.1 Å². The number of aromatic amines is 1. The van der Waals surface area contributed by atoms with E-state index in [1.165, 1.54) is 13.8 Å². The lowest BCUT2D eigenvalue weighted by molar-refractivity contribution is 0.224. The second-order valence-electron chi connectivity index (χ2n) is 3.90. The summed E-state index contributed by atoms with van der Waals surface area (Å²) in [4.78, 5) is 2.94. The number of rotatable bonds is 1. The maximum absolute atomic E-state index is 13.7. The summed E-state index contributed by atoms with van der Waals surface area (Å²) >= 11 is 0. The third-order valence-electron chi connectivity index (χ3n) is 2.31. The minimum Gasteiger partial charge on any atom is -0.508 e. The van der Waals surface area contributed by atoms with Crippen LogP contribution >= 0.6 is 0 Å². The van der Waals surface area contributed by atoms with Crippen LogP contribution in [0.1, 0.15) is 19.4 Å². The fourth-order valence-corrected chi connectivity index (χ4v) is 1.61. The Morgan fingerprint density at radius 2 is 2.07 bits per heavy atom. The predicted octanol–water partition coefficient (Wildman–Crippen LogP) is 3.08. The minimum absolute atomic E-state index is 0.183. The highest BCUT2D eigenvalue weighted by atomic mass is 19.1. The van der Waals surface area contributed by atoms with Crippen LogP contribution in [-0.4, -0.2) is 10.1 Å². The van der Waals surface area contributed by atoms with Gasteiger partial charge in [0.15, 0.2) is 0 Å². The molecule has 1 aromatic heterocycles. The van der Waals surface area contributed by atoms with Crippen LogP contribution in [0.25, 0.3) is 10.9 Å². The molecule has 14 heavy (non-hydrogen) atoms. The monoisotopic (exact) mass is 193 g/mol. The van der Waals surface area contributed by atoms with Crippen molar-refractivity contribution in [1.29, 1.82) is 0 Å². The summed E-state index contributed by atoms with van der Waals surface area (Å²) in [5, 5.41) is 10.0. The number of halogens is 1. The van der Waals surface area contributed by atoms with E-state index in [1.807, 2.05) is 0 Å². The van der Waals surface area contributed by atoms with Gasteiger partial charge in [0.1, 0.15) is 11.4 Å². The predicted molar refractivity (Wildman–Crippen MR) is 54.1 cm³/mol. The van der Waals surface area contributed by atoms with E-state index in [4.69, 9.17) is 0 Å². The second-order valence-corrected chi connectivity index (χ2v) is 3.90. The Morgan fingerprint density at radius 3 is 2.71 bits per heavy atom. The van der Waals surface area contributed by atoms with E-state index in [9.17, 15) is 9.50 Å². The first kappa shape index (κ1) is 9.06. The summed E-state index contributed by atoms with van der Waals surface area (Å²) in [7, 11) is 0. The number of phenols is 1. The first-order chi connectivity index (χ1) is 6.48. The molecule has 0 aliphatic rings. The van der Waals surface area contributed by atoms with Gasteiger partial charge in [0.25, 0.3) is 0 Å². The number of H-pyrrole nitrogens is 1. The van der Waals surface area contributed by atoms with Crippen LogP contribution in [0.3, 0.4) is 0 Å². The number of nitrogens with one attached hydrogen (secondary N) is 1. The number of hydrogen-bond acceptors (Lipinski definition) is 1. The summed E-state index contributed by atoms with van der Waals surface area (Å²) in [5.41, 5.74) is 0.00751. The van der Waals surface area contributed by atoms with E-state index in [0.717, 1.165) is 10.9 Å². The number of benzene rings is 1. The molecular weight excluding hydrogens is 181 g/mol. The van der Waals surface area contributed by atoms with E-state index in [-0.39, 0.29) is 5.75 Å². The van der Waals surface area contributed by atoms with Crippen molar-refractivity contribution in [3.63, 3.8) is 0 Å². The normalized spacial score (nSPS) is 12.2.